The van der Waals surface area contributed by atoms with Crippen LogP contribution in [-0.2, 0) is 9.05 Å². The standard InChI is InChI=1S/C16H15ClN2O4S2/c1-9-15(20)19-13-7-10(5-6-14(13)24-9)16(21)18-11-3-2-4-12(8-11)25(17,22)23/h2-9,15,19-20H,1H3,(H,18,21). The second-order valence-corrected chi connectivity index (χ2v) is 9.53. The lowest BCUT2D eigenvalue weighted by atomic mass is 10.1. The van der Waals surface area contributed by atoms with Crippen molar-refractivity contribution in [3.05, 3.63) is 48.0 Å². The van der Waals surface area contributed by atoms with E-state index in [0.29, 0.717) is 16.9 Å². The number of hydrogen-bond acceptors (Lipinski definition) is 6. The number of carbonyl (C=O) groups is 1. The number of hydrogen-bond donors (Lipinski definition) is 3. The van der Waals surface area contributed by atoms with E-state index in [4.69, 9.17) is 10.7 Å². The molecule has 0 aromatic heterocycles. The number of aliphatic hydroxyl groups excluding tert-OH is 1. The number of carbonyl (C=O) groups excluding carboxylic acids is 1. The first kappa shape index (κ1) is 18.1. The summed E-state index contributed by atoms with van der Waals surface area (Å²) in [7, 11) is 1.45. The second kappa shape index (κ2) is 6.87. The van der Waals surface area contributed by atoms with Crippen molar-refractivity contribution in [1.29, 1.82) is 0 Å². The number of anilines is 2. The van der Waals surface area contributed by atoms with Crippen LogP contribution in [0, 0.1) is 0 Å². The molecule has 1 amide bonds. The number of aliphatic hydroxyl groups is 1. The van der Waals surface area contributed by atoms with Crippen LogP contribution in [0.4, 0.5) is 11.4 Å². The van der Waals surface area contributed by atoms with Gasteiger partial charge in [0.05, 0.1) is 15.8 Å². The molecule has 1 heterocycles. The van der Waals surface area contributed by atoms with Crippen LogP contribution in [0.5, 0.6) is 0 Å². The van der Waals surface area contributed by atoms with Gasteiger partial charge in [-0.2, -0.15) is 0 Å². The number of nitrogens with one attached hydrogen (secondary N) is 2. The van der Waals surface area contributed by atoms with Gasteiger partial charge in [0, 0.05) is 26.8 Å². The minimum absolute atomic E-state index is 0.00687. The Hall–Kier alpha value is -1.74. The molecule has 0 spiro atoms. The minimum atomic E-state index is -3.87. The van der Waals surface area contributed by atoms with Gasteiger partial charge in [-0.1, -0.05) is 6.07 Å². The third-order valence-electron chi connectivity index (χ3n) is 3.68. The highest BCUT2D eigenvalue weighted by atomic mass is 35.7. The Morgan fingerprint density at radius 1 is 1.28 bits per heavy atom. The van der Waals surface area contributed by atoms with E-state index in [0.717, 1.165) is 4.90 Å². The summed E-state index contributed by atoms with van der Waals surface area (Å²) >= 11 is 1.52. The van der Waals surface area contributed by atoms with Gasteiger partial charge in [-0.05, 0) is 43.3 Å². The summed E-state index contributed by atoms with van der Waals surface area (Å²) in [5.41, 5.74) is 1.38. The average Bonchev–Trinajstić information content (AvgIpc) is 2.55. The highest BCUT2D eigenvalue weighted by Crippen LogP contribution is 2.37. The van der Waals surface area contributed by atoms with Crippen molar-refractivity contribution in [1.82, 2.24) is 0 Å². The first-order valence-corrected chi connectivity index (χ1v) is 10.5. The maximum Gasteiger partial charge on any atom is 0.261 e. The topological polar surface area (TPSA) is 95.5 Å². The molecule has 3 N–H and O–H groups in total. The molecule has 1 aliphatic heterocycles. The fraction of sp³-hybridized carbons (Fsp3) is 0.188. The van der Waals surface area contributed by atoms with E-state index in [-0.39, 0.29) is 10.1 Å². The molecule has 0 saturated carbocycles. The Morgan fingerprint density at radius 3 is 2.76 bits per heavy atom. The van der Waals surface area contributed by atoms with Gasteiger partial charge in [-0.15, -0.1) is 11.8 Å². The molecule has 1 aliphatic rings. The Balaban J connectivity index is 1.82. The van der Waals surface area contributed by atoms with Crippen molar-refractivity contribution in [2.75, 3.05) is 10.6 Å². The second-order valence-electron chi connectivity index (χ2n) is 5.54. The Bertz CT molecular complexity index is 933. The molecule has 0 radical (unpaired) electrons. The van der Waals surface area contributed by atoms with Crippen LogP contribution in [0.1, 0.15) is 17.3 Å². The van der Waals surface area contributed by atoms with Gasteiger partial charge in [-0.25, -0.2) is 8.42 Å². The van der Waals surface area contributed by atoms with E-state index in [1.165, 1.54) is 30.0 Å². The number of amides is 1. The molecule has 0 fully saturated rings. The summed E-state index contributed by atoms with van der Waals surface area (Å²) < 4.78 is 22.8. The SMILES string of the molecule is CC1Sc2ccc(C(=O)Nc3cccc(S(=O)(=O)Cl)c3)cc2NC1O. The van der Waals surface area contributed by atoms with Gasteiger partial charge >= 0.3 is 0 Å². The largest absolute Gasteiger partial charge is 0.373 e. The van der Waals surface area contributed by atoms with Gasteiger partial charge < -0.3 is 15.7 Å². The van der Waals surface area contributed by atoms with Crippen molar-refractivity contribution < 1.29 is 18.3 Å². The van der Waals surface area contributed by atoms with E-state index in [9.17, 15) is 18.3 Å². The zero-order valence-electron chi connectivity index (χ0n) is 13.1. The minimum Gasteiger partial charge on any atom is -0.373 e. The van der Waals surface area contributed by atoms with E-state index in [1.54, 1.807) is 18.2 Å². The molecule has 2 atom stereocenters. The van der Waals surface area contributed by atoms with Gasteiger partial charge in [0.1, 0.15) is 6.23 Å². The van der Waals surface area contributed by atoms with Crippen LogP contribution >= 0.6 is 22.4 Å². The summed E-state index contributed by atoms with van der Waals surface area (Å²) in [5.74, 6) is -0.396. The molecular formula is C16H15ClN2O4S2. The number of fused-ring (bicyclic) bond motifs is 1. The van der Waals surface area contributed by atoms with Crippen molar-refractivity contribution >= 4 is 48.8 Å². The molecule has 6 nitrogen and oxygen atoms in total. The monoisotopic (exact) mass is 398 g/mol. The quantitative estimate of drug-likeness (QED) is 0.687. The highest BCUT2D eigenvalue weighted by Gasteiger charge is 2.24. The first-order valence-electron chi connectivity index (χ1n) is 7.35. The fourth-order valence-corrected chi connectivity index (χ4v) is 4.14. The van der Waals surface area contributed by atoms with E-state index in [2.05, 4.69) is 10.6 Å². The van der Waals surface area contributed by atoms with Gasteiger partial charge in [0.2, 0.25) is 0 Å². The summed E-state index contributed by atoms with van der Waals surface area (Å²) in [6, 6.07) is 10.8. The molecule has 3 rings (SSSR count). The third kappa shape index (κ3) is 4.09. The predicted octanol–water partition coefficient (Wildman–Crippen LogP) is 3.09. The van der Waals surface area contributed by atoms with E-state index < -0.39 is 21.2 Å². The molecule has 9 heteroatoms. The molecule has 25 heavy (non-hydrogen) atoms. The van der Waals surface area contributed by atoms with Crippen LogP contribution in [0.2, 0.25) is 0 Å². The van der Waals surface area contributed by atoms with Crippen LogP contribution in [-0.4, -0.2) is 30.9 Å². The van der Waals surface area contributed by atoms with Crippen molar-refractivity contribution in [3.63, 3.8) is 0 Å². The van der Waals surface area contributed by atoms with E-state index in [1.807, 2.05) is 13.0 Å². The van der Waals surface area contributed by atoms with Crippen LogP contribution < -0.4 is 10.6 Å². The summed E-state index contributed by atoms with van der Waals surface area (Å²) in [6.07, 6.45) is -0.693. The summed E-state index contributed by atoms with van der Waals surface area (Å²) in [4.78, 5) is 13.3. The lowest BCUT2D eigenvalue weighted by Gasteiger charge is -2.28. The highest BCUT2D eigenvalue weighted by molar-refractivity contribution is 8.13. The Morgan fingerprint density at radius 2 is 2.04 bits per heavy atom. The normalized spacial score (nSPS) is 19.6. The van der Waals surface area contributed by atoms with Crippen LogP contribution in [0.25, 0.3) is 0 Å². The number of rotatable bonds is 3. The molecule has 2 aromatic carbocycles. The molecule has 132 valence electrons. The van der Waals surface area contributed by atoms with Gasteiger partial charge in [-0.3, -0.25) is 4.79 Å². The lowest BCUT2D eigenvalue weighted by molar-refractivity contribution is 0.102. The summed E-state index contributed by atoms with van der Waals surface area (Å²) in [6.45, 7) is 1.91. The van der Waals surface area contributed by atoms with Crippen molar-refractivity contribution in [2.45, 2.75) is 28.2 Å². The fourth-order valence-electron chi connectivity index (χ4n) is 2.36. The third-order valence-corrected chi connectivity index (χ3v) is 6.27. The molecular weight excluding hydrogens is 384 g/mol. The molecule has 2 unspecified atom stereocenters. The van der Waals surface area contributed by atoms with Crippen LogP contribution in [0.3, 0.4) is 0 Å². The Labute approximate surface area is 154 Å². The lowest BCUT2D eigenvalue weighted by Crippen LogP contribution is -2.32. The zero-order valence-corrected chi connectivity index (χ0v) is 15.5. The maximum absolute atomic E-state index is 12.4. The number of benzene rings is 2. The van der Waals surface area contributed by atoms with Gasteiger partial charge in [0.15, 0.2) is 0 Å². The molecule has 0 saturated heterocycles. The Kier molecular flexibility index (Phi) is 4.97. The first-order chi connectivity index (χ1) is 11.7. The zero-order chi connectivity index (χ0) is 18.2. The van der Waals surface area contributed by atoms with Crippen molar-refractivity contribution in [3.8, 4) is 0 Å². The number of thioether (sulfide) groups is 1. The maximum atomic E-state index is 12.4. The average molecular weight is 399 g/mol. The van der Waals surface area contributed by atoms with E-state index >= 15 is 0 Å². The van der Waals surface area contributed by atoms with Crippen LogP contribution in [0.15, 0.2) is 52.3 Å². The molecule has 2 aromatic rings. The number of halogens is 1. The van der Waals surface area contributed by atoms with Gasteiger partial charge in [0.25, 0.3) is 15.0 Å². The predicted molar refractivity (Wildman–Crippen MR) is 98.8 cm³/mol. The summed E-state index contributed by atoms with van der Waals surface area (Å²) in [5, 5.41) is 15.5. The molecule has 0 bridgehead atoms. The van der Waals surface area contributed by atoms with Crippen molar-refractivity contribution in [2.24, 2.45) is 0 Å². The smallest absolute Gasteiger partial charge is 0.261 e. The molecule has 0 aliphatic carbocycles.